The van der Waals surface area contributed by atoms with Gasteiger partial charge in [-0.15, -0.1) is 0 Å². The molecular formula is C16H32N2O. The fourth-order valence-corrected chi connectivity index (χ4v) is 3.33. The van der Waals surface area contributed by atoms with Gasteiger partial charge in [0.05, 0.1) is 6.61 Å². The zero-order valence-corrected chi connectivity index (χ0v) is 13.0. The summed E-state index contributed by atoms with van der Waals surface area (Å²) in [5.41, 5.74) is 0. The Morgan fingerprint density at radius 1 is 1.21 bits per heavy atom. The van der Waals surface area contributed by atoms with Crippen LogP contribution in [0.15, 0.2) is 0 Å². The van der Waals surface area contributed by atoms with Crippen molar-refractivity contribution in [1.82, 2.24) is 10.2 Å². The van der Waals surface area contributed by atoms with Crippen LogP contribution in [0.4, 0.5) is 0 Å². The first kappa shape index (κ1) is 15.3. The average Bonchev–Trinajstić information content (AvgIpc) is 3.19. The van der Waals surface area contributed by atoms with Crippen molar-refractivity contribution in [2.24, 2.45) is 17.8 Å². The maximum atomic E-state index is 5.73. The quantitative estimate of drug-likeness (QED) is 0.684. The molecule has 0 saturated heterocycles. The predicted molar refractivity (Wildman–Crippen MR) is 80.4 cm³/mol. The van der Waals surface area contributed by atoms with Crippen LogP contribution in [-0.4, -0.2) is 51.3 Å². The highest BCUT2D eigenvalue weighted by molar-refractivity contribution is 4.84. The highest BCUT2D eigenvalue weighted by Gasteiger charge is 2.28. The highest BCUT2D eigenvalue weighted by Crippen LogP contribution is 2.30. The normalized spacial score (nSPS) is 31.9. The Kier molecular flexibility index (Phi) is 6.11. The van der Waals surface area contributed by atoms with Gasteiger partial charge in [0.2, 0.25) is 0 Å². The number of hydrogen-bond acceptors (Lipinski definition) is 3. The minimum atomic E-state index is 0.714. The van der Waals surface area contributed by atoms with E-state index in [0.717, 1.165) is 37.5 Å². The van der Waals surface area contributed by atoms with Crippen molar-refractivity contribution in [3.8, 4) is 0 Å². The van der Waals surface area contributed by atoms with Crippen LogP contribution < -0.4 is 5.32 Å². The molecule has 2 aliphatic carbocycles. The molecule has 3 heteroatoms. The zero-order chi connectivity index (χ0) is 13.7. The smallest absolute Gasteiger partial charge is 0.0593 e. The Balaban J connectivity index is 1.62. The van der Waals surface area contributed by atoms with Gasteiger partial charge in [-0.05, 0) is 64.0 Å². The van der Waals surface area contributed by atoms with Crippen molar-refractivity contribution < 1.29 is 4.74 Å². The average molecular weight is 268 g/mol. The summed E-state index contributed by atoms with van der Waals surface area (Å²) in [4.78, 5) is 2.46. The Bertz CT molecular complexity index is 255. The molecule has 0 aromatic carbocycles. The van der Waals surface area contributed by atoms with Crippen LogP contribution in [0.2, 0.25) is 0 Å². The SMILES string of the molecule is CNC1CCC(C)CC1CN(C)CCOCC1CC1. The zero-order valence-electron chi connectivity index (χ0n) is 13.0. The van der Waals surface area contributed by atoms with E-state index in [1.165, 1.54) is 38.6 Å². The van der Waals surface area contributed by atoms with E-state index in [0.29, 0.717) is 6.04 Å². The van der Waals surface area contributed by atoms with E-state index in [9.17, 15) is 0 Å². The van der Waals surface area contributed by atoms with E-state index < -0.39 is 0 Å². The number of nitrogens with one attached hydrogen (secondary N) is 1. The summed E-state index contributed by atoms with van der Waals surface area (Å²) in [5.74, 6) is 2.59. The lowest BCUT2D eigenvalue weighted by Crippen LogP contribution is -2.44. The summed E-state index contributed by atoms with van der Waals surface area (Å²) in [6.45, 7) is 6.58. The molecule has 3 nitrogen and oxygen atoms in total. The lowest BCUT2D eigenvalue weighted by molar-refractivity contribution is 0.0901. The van der Waals surface area contributed by atoms with Crippen LogP contribution in [0.3, 0.4) is 0 Å². The van der Waals surface area contributed by atoms with Crippen molar-refractivity contribution in [2.75, 3.05) is 40.4 Å². The molecule has 2 saturated carbocycles. The molecule has 0 spiro atoms. The molecule has 0 aromatic rings. The molecule has 1 N–H and O–H groups in total. The second-order valence-electron chi connectivity index (χ2n) is 6.85. The third-order valence-electron chi connectivity index (χ3n) is 4.83. The van der Waals surface area contributed by atoms with Gasteiger partial charge in [0.1, 0.15) is 0 Å². The third-order valence-corrected chi connectivity index (χ3v) is 4.83. The second-order valence-corrected chi connectivity index (χ2v) is 6.85. The van der Waals surface area contributed by atoms with Gasteiger partial charge >= 0.3 is 0 Å². The second kappa shape index (κ2) is 7.61. The van der Waals surface area contributed by atoms with Gasteiger partial charge < -0.3 is 15.0 Å². The van der Waals surface area contributed by atoms with Gasteiger partial charge in [0.15, 0.2) is 0 Å². The molecule has 3 unspecified atom stereocenters. The minimum Gasteiger partial charge on any atom is -0.380 e. The van der Waals surface area contributed by atoms with Crippen molar-refractivity contribution in [3.05, 3.63) is 0 Å². The van der Waals surface area contributed by atoms with Crippen molar-refractivity contribution in [2.45, 2.75) is 45.1 Å². The van der Waals surface area contributed by atoms with Crippen LogP contribution in [0.25, 0.3) is 0 Å². The molecule has 0 amide bonds. The largest absolute Gasteiger partial charge is 0.380 e. The van der Waals surface area contributed by atoms with E-state index in [1.54, 1.807) is 0 Å². The number of hydrogen-bond donors (Lipinski definition) is 1. The van der Waals surface area contributed by atoms with E-state index in [4.69, 9.17) is 4.74 Å². The first-order valence-electron chi connectivity index (χ1n) is 8.12. The summed E-state index contributed by atoms with van der Waals surface area (Å²) in [7, 11) is 4.36. The molecule has 3 atom stereocenters. The van der Waals surface area contributed by atoms with E-state index in [-0.39, 0.29) is 0 Å². The molecule has 2 rings (SSSR count). The summed E-state index contributed by atoms with van der Waals surface area (Å²) in [5, 5.41) is 3.51. The van der Waals surface area contributed by atoms with Crippen LogP contribution in [0.5, 0.6) is 0 Å². The van der Waals surface area contributed by atoms with E-state index in [1.807, 2.05) is 0 Å². The topological polar surface area (TPSA) is 24.5 Å². The standard InChI is InChI=1S/C16H32N2O/c1-13-4-7-16(17-2)15(10-13)11-18(3)8-9-19-12-14-5-6-14/h13-17H,4-12H2,1-3H3. The molecule has 0 radical (unpaired) electrons. The maximum Gasteiger partial charge on any atom is 0.0593 e. The van der Waals surface area contributed by atoms with Crippen LogP contribution in [0, 0.1) is 17.8 Å². The molecule has 2 fully saturated rings. The van der Waals surface area contributed by atoms with Gasteiger partial charge in [-0.3, -0.25) is 0 Å². The summed E-state index contributed by atoms with van der Waals surface area (Å²) in [6, 6.07) is 0.714. The molecule has 0 heterocycles. The molecule has 112 valence electrons. The Hall–Kier alpha value is -0.120. The van der Waals surface area contributed by atoms with E-state index in [2.05, 4.69) is 31.2 Å². The van der Waals surface area contributed by atoms with Crippen molar-refractivity contribution in [3.63, 3.8) is 0 Å². The Labute approximate surface area is 119 Å². The predicted octanol–water partition coefficient (Wildman–Crippen LogP) is 2.37. The maximum absolute atomic E-state index is 5.73. The first-order chi connectivity index (χ1) is 9.19. The van der Waals surface area contributed by atoms with Gasteiger partial charge in [-0.25, -0.2) is 0 Å². The Morgan fingerprint density at radius 3 is 2.68 bits per heavy atom. The fourth-order valence-electron chi connectivity index (χ4n) is 3.33. The first-order valence-corrected chi connectivity index (χ1v) is 8.12. The van der Waals surface area contributed by atoms with Crippen LogP contribution in [0.1, 0.15) is 39.0 Å². The van der Waals surface area contributed by atoms with Crippen LogP contribution in [-0.2, 0) is 4.74 Å². The van der Waals surface area contributed by atoms with Gasteiger partial charge in [-0.1, -0.05) is 6.92 Å². The number of likely N-dealkylation sites (N-methyl/N-ethyl adjacent to an activating group) is 1. The number of rotatable bonds is 8. The van der Waals surface area contributed by atoms with Crippen LogP contribution >= 0.6 is 0 Å². The molecule has 2 aliphatic rings. The van der Waals surface area contributed by atoms with Crippen molar-refractivity contribution >= 4 is 0 Å². The number of nitrogens with zero attached hydrogens (tertiary/aromatic N) is 1. The van der Waals surface area contributed by atoms with Gasteiger partial charge in [0, 0.05) is 25.7 Å². The lowest BCUT2D eigenvalue weighted by Gasteiger charge is -2.37. The molecule has 0 aliphatic heterocycles. The highest BCUT2D eigenvalue weighted by atomic mass is 16.5. The fraction of sp³-hybridized carbons (Fsp3) is 1.00. The number of ether oxygens (including phenoxy) is 1. The summed E-state index contributed by atoms with van der Waals surface area (Å²) in [6.07, 6.45) is 6.88. The summed E-state index contributed by atoms with van der Waals surface area (Å²) < 4.78 is 5.73. The monoisotopic (exact) mass is 268 g/mol. The Morgan fingerprint density at radius 2 is 2.00 bits per heavy atom. The molecular weight excluding hydrogens is 236 g/mol. The minimum absolute atomic E-state index is 0.714. The molecule has 0 bridgehead atoms. The van der Waals surface area contributed by atoms with Gasteiger partial charge in [-0.2, -0.15) is 0 Å². The van der Waals surface area contributed by atoms with Crippen molar-refractivity contribution in [1.29, 1.82) is 0 Å². The molecule has 0 aromatic heterocycles. The third kappa shape index (κ3) is 5.41. The molecule has 19 heavy (non-hydrogen) atoms. The summed E-state index contributed by atoms with van der Waals surface area (Å²) >= 11 is 0. The van der Waals surface area contributed by atoms with E-state index >= 15 is 0 Å². The lowest BCUT2D eigenvalue weighted by atomic mass is 9.78. The van der Waals surface area contributed by atoms with Gasteiger partial charge in [0.25, 0.3) is 0 Å².